The van der Waals surface area contributed by atoms with Gasteiger partial charge in [-0.1, -0.05) is 54.6 Å². The van der Waals surface area contributed by atoms with Crippen LogP contribution >= 0.6 is 0 Å². The number of hydrogen-bond donors (Lipinski definition) is 10. The largest absolute Gasteiger partial charge is 0.482 e. The van der Waals surface area contributed by atoms with E-state index in [1.54, 1.807) is 188 Å². The Labute approximate surface area is 607 Å². The average molecular weight is 1430 g/mol. The molecule has 3 heterocycles. The van der Waals surface area contributed by atoms with Crippen molar-refractivity contribution in [3.8, 4) is 17.2 Å². The number of nitrogens with one attached hydrogen (secondary N) is 7. The van der Waals surface area contributed by atoms with Gasteiger partial charge in [0.05, 0.1) is 64.8 Å². The van der Waals surface area contributed by atoms with E-state index in [1.165, 1.54) is 6.20 Å². The third-order valence-corrected chi connectivity index (χ3v) is 16.0. The highest BCUT2D eigenvalue weighted by Gasteiger charge is 2.29. The molecule has 6 aromatic carbocycles. The molecule has 3 unspecified atom stereocenters. The van der Waals surface area contributed by atoms with Gasteiger partial charge in [-0.05, 0) is 223 Å². The Hall–Kier alpha value is -12.7. The molecule has 0 saturated carbocycles. The molecule has 3 aliphatic carbocycles. The fourth-order valence-electron chi connectivity index (χ4n) is 11.2. The summed E-state index contributed by atoms with van der Waals surface area (Å²) in [6, 6.07) is 47.8. The van der Waals surface area contributed by atoms with Crippen LogP contribution in [0.1, 0.15) is 143 Å². The Kier molecular flexibility index (Phi) is 26.4. The van der Waals surface area contributed by atoms with Crippen LogP contribution in [0.3, 0.4) is 0 Å². The molecule has 3 aliphatic rings. The second-order valence-corrected chi connectivity index (χ2v) is 26.3. The number of anilines is 6. The van der Waals surface area contributed by atoms with E-state index >= 15 is 0 Å². The number of rotatable bonds is 19. The van der Waals surface area contributed by atoms with Crippen molar-refractivity contribution in [2.45, 2.75) is 109 Å². The molecule has 9 aromatic rings. The number of carbonyl (C=O) groups is 8. The SMILES string of the molecule is CC(C)(C)OC(=O)Nc1ccccc1NC(=O)c1ccc2c(c1)CCC2N.CC(C)(C)OC(=O)Nc1ccccc1NC(=O)c1ccc2c(c1)CCC2NC(=O)COc1cccnc1.Nc1ccccc1NC(=O)c1ccc2c(c1)CCC2NC(=O)COc1cccnc1.O=C(O)COc1cccnc1. The summed E-state index contributed by atoms with van der Waals surface area (Å²) < 4.78 is 26.3. The summed E-state index contributed by atoms with van der Waals surface area (Å²) in [7, 11) is 0. The molecule has 26 heteroatoms. The first-order chi connectivity index (χ1) is 50.3. The number of nitrogens with zero attached hydrogens (tertiary/aromatic N) is 3. The molecule has 12 rings (SSSR count). The van der Waals surface area contributed by atoms with Crippen LogP contribution in [0, 0.1) is 0 Å². The highest BCUT2D eigenvalue weighted by Crippen LogP contribution is 2.35. The van der Waals surface area contributed by atoms with Crippen LogP contribution in [0.25, 0.3) is 0 Å². The van der Waals surface area contributed by atoms with E-state index in [4.69, 9.17) is 40.3 Å². The lowest BCUT2D eigenvalue weighted by Gasteiger charge is -2.20. The van der Waals surface area contributed by atoms with E-state index in [1.807, 2.05) is 48.5 Å². The Morgan fingerprint density at radius 1 is 0.429 bits per heavy atom. The predicted octanol–water partition coefficient (Wildman–Crippen LogP) is 12.7. The zero-order chi connectivity index (χ0) is 75.0. The molecular formula is C79H84N12O14. The van der Waals surface area contributed by atoms with Crippen molar-refractivity contribution in [3.05, 3.63) is 251 Å². The van der Waals surface area contributed by atoms with Crippen LogP contribution < -0.4 is 62.9 Å². The molecule has 0 bridgehead atoms. The van der Waals surface area contributed by atoms with Gasteiger partial charge in [-0.15, -0.1) is 0 Å². The molecule has 0 fully saturated rings. The molecule has 7 amide bonds. The van der Waals surface area contributed by atoms with Crippen molar-refractivity contribution in [1.82, 2.24) is 25.6 Å². The Balaban J connectivity index is 0.000000171. The Morgan fingerprint density at radius 3 is 1.14 bits per heavy atom. The monoisotopic (exact) mass is 1420 g/mol. The number of aliphatic carboxylic acids is 1. The number of carboxylic acid groups (broad SMARTS) is 1. The van der Waals surface area contributed by atoms with Crippen molar-refractivity contribution in [1.29, 1.82) is 0 Å². The number of para-hydroxylation sites is 6. The first-order valence-corrected chi connectivity index (χ1v) is 33.8. The van der Waals surface area contributed by atoms with Gasteiger partial charge in [0.2, 0.25) is 0 Å². The van der Waals surface area contributed by atoms with E-state index in [0.717, 1.165) is 71.9 Å². The molecular weight excluding hydrogens is 1340 g/mol. The van der Waals surface area contributed by atoms with Gasteiger partial charge in [-0.2, -0.15) is 0 Å². The maximum atomic E-state index is 13.0. The number of nitrogen functional groups attached to an aromatic ring is 1. The summed E-state index contributed by atoms with van der Waals surface area (Å²) in [5.74, 6) is -0.625. The van der Waals surface area contributed by atoms with Crippen LogP contribution in [-0.4, -0.2) is 98.8 Å². The van der Waals surface area contributed by atoms with Crippen LogP contribution in [0.4, 0.5) is 43.7 Å². The highest BCUT2D eigenvalue weighted by molar-refractivity contribution is 6.08. The molecule has 3 aromatic heterocycles. The quantitative estimate of drug-likeness (QED) is 0.0336. The van der Waals surface area contributed by atoms with E-state index < -0.39 is 29.4 Å². The Bertz CT molecular complexity index is 4530. The lowest BCUT2D eigenvalue weighted by molar-refractivity contribution is -0.139. The summed E-state index contributed by atoms with van der Waals surface area (Å²) >= 11 is 0. The third kappa shape index (κ3) is 23.7. The first-order valence-electron chi connectivity index (χ1n) is 33.8. The molecule has 26 nitrogen and oxygen atoms in total. The van der Waals surface area contributed by atoms with Gasteiger partial charge >= 0.3 is 18.2 Å². The molecule has 12 N–H and O–H groups in total. The van der Waals surface area contributed by atoms with Gasteiger partial charge in [0.1, 0.15) is 28.5 Å². The normalized spacial score (nSPS) is 14.2. The summed E-state index contributed by atoms with van der Waals surface area (Å²) in [6.07, 6.45) is 13.1. The number of carboxylic acids is 1. The van der Waals surface area contributed by atoms with Crippen LogP contribution in [-0.2, 0) is 43.1 Å². The summed E-state index contributed by atoms with van der Waals surface area (Å²) in [5.41, 5.74) is 21.6. The summed E-state index contributed by atoms with van der Waals surface area (Å²) in [4.78, 5) is 109. The van der Waals surface area contributed by atoms with Gasteiger partial charge in [0.25, 0.3) is 29.5 Å². The second kappa shape index (κ2) is 36.2. The predicted molar refractivity (Wildman–Crippen MR) is 397 cm³/mol. The molecule has 3 atom stereocenters. The zero-order valence-electron chi connectivity index (χ0n) is 58.9. The topological polar surface area (TPSA) is 378 Å². The standard InChI is InChI=1S/C28H30N4O5.C23H22N4O3.C21H25N3O3.C7H7NO3/c1-28(2,3)37-27(35)32-24-9-5-4-8-23(24)31-26(34)19-10-12-21-18(15-19)11-13-22(21)30-25(33)17-36-20-7-6-14-29-16-20;24-19-5-1-2-6-21(19)27-23(29)16-7-9-18-15(12-16)8-10-20(18)26-22(28)14-30-17-4-3-11-25-13-17;1-21(2,3)27-20(26)24-18-7-5-4-6-17(18)23-19(25)14-8-10-15-13(12-14)9-11-16(15)22;9-7(10)5-11-6-2-1-3-8-4-6/h4-10,12,14-16,22H,11,13,17H2,1-3H3,(H,30,33)(H,31,34)(H,32,35);1-7,9,11-13,20H,8,10,14,24H2,(H,26,28)(H,27,29);4-8,10,12,16H,9,11,22H2,1-3H3,(H,23,25)(H,24,26);1-4H,5H2,(H,9,10). The fraction of sp³-hybridized carbons (Fsp3) is 0.253. The number of hydrogen-bond acceptors (Lipinski definition) is 18. The third-order valence-electron chi connectivity index (χ3n) is 16.0. The number of pyridine rings is 3. The fourth-order valence-corrected chi connectivity index (χ4v) is 11.2. The van der Waals surface area contributed by atoms with Gasteiger partial charge in [-0.3, -0.25) is 49.6 Å². The molecule has 0 spiro atoms. The van der Waals surface area contributed by atoms with E-state index in [0.29, 0.717) is 68.1 Å². The lowest BCUT2D eigenvalue weighted by Crippen LogP contribution is -2.31. The lowest BCUT2D eigenvalue weighted by atomic mass is 10.0. The molecule has 544 valence electrons. The van der Waals surface area contributed by atoms with Gasteiger partial charge in [0, 0.05) is 41.3 Å². The minimum Gasteiger partial charge on any atom is -0.482 e. The van der Waals surface area contributed by atoms with Crippen molar-refractivity contribution in [2.75, 3.05) is 52.1 Å². The van der Waals surface area contributed by atoms with Crippen LogP contribution in [0.5, 0.6) is 17.2 Å². The van der Waals surface area contributed by atoms with Crippen molar-refractivity contribution < 1.29 is 67.1 Å². The molecule has 0 saturated heterocycles. The van der Waals surface area contributed by atoms with Crippen LogP contribution in [0.15, 0.2) is 201 Å². The van der Waals surface area contributed by atoms with E-state index in [2.05, 4.69) is 52.2 Å². The maximum absolute atomic E-state index is 13.0. The smallest absolute Gasteiger partial charge is 0.412 e. The number of amides is 7. The first kappa shape index (κ1) is 76.5. The summed E-state index contributed by atoms with van der Waals surface area (Å²) in [5, 5.41) is 28.1. The average Bonchev–Trinajstić information content (AvgIpc) is 1.72. The van der Waals surface area contributed by atoms with Gasteiger partial charge < -0.3 is 66.8 Å². The van der Waals surface area contributed by atoms with Gasteiger partial charge in [-0.25, -0.2) is 14.4 Å². The van der Waals surface area contributed by atoms with Crippen molar-refractivity contribution in [3.63, 3.8) is 0 Å². The van der Waals surface area contributed by atoms with E-state index in [-0.39, 0.29) is 67.5 Å². The van der Waals surface area contributed by atoms with Crippen molar-refractivity contribution in [2.24, 2.45) is 5.73 Å². The second-order valence-electron chi connectivity index (χ2n) is 26.3. The number of nitrogens with two attached hydrogens (primary N) is 2. The number of ether oxygens (including phenoxy) is 5. The van der Waals surface area contributed by atoms with E-state index in [9.17, 15) is 38.4 Å². The van der Waals surface area contributed by atoms with Crippen LogP contribution in [0.2, 0.25) is 0 Å². The number of aromatic nitrogens is 3. The number of aryl methyl sites for hydroxylation is 3. The van der Waals surface area contributed by atoms with Crippen molar-refractivity contribution >= 4 is 81.8 Å². The number of fused-ring (bicyclic) bond motifs is 3. The molecule has 0 radical (unpaired) electrons. The number of carbonyl (C=O) groups excluding carboxylic acids is 7. The zero-order valence-corrected chi connectivity index (χ0v) is 58.9. The highest BCUT2D eigenvalue weighted by atomic mass is 16.6. The molecule has 0 aliphatic heterocycles. The Morgan fingerprint density at radius 2 is 0.771 bits per heavy atom. The molecule has 105 heavy (non-hydrogen) atoms. The summed E-state index contributed by atoms with van der Waals surface area (Å²) in [6.45, 7) is 10.2. The minimum absolute atomic E-state index is 0.0517. The maximum Gasteiger partial charge on any atom is 0.412 e. The number of benzene rings is 6. The van der Waals surface area contributed by atoms with Gasteiger partial charge in [0.15, 0.2) is 19.8 Å². The minimum atomic E-state index is -0.992.